The summed E-state index contributed by atoms with van der Waals surface area (Å²) in [5.74, 6) is 1.63. The molecule has 4 rings (SSSR count). The predicted octanol–water partition coefficient (Wildman–Crippen LogP) is 3.99. The Balaban J connectivity index is 1.59. The normalized spacial score (nSPS) is 16.4. The first kappa shape index (κ1) is 23.7. The number of nitrogens with zero attached hydrogens (tertiary/aromatic N) is 3. The summed E-state index contributed by atoms with van der Waals surface area (Å²) in [5, 5.41) is 0. The number of nitrogens with two attached hydrogens (primary N) is 1. The lowest BCUT2D eigenvalue weighted by molar-refractivity contribution is -0.143. The highest BCUT2D eigenvalue weighted by molar-refractivity contribution is 5.80. The molecular weight excluding hydrogens is 428 g/mol. The molecule has 0 amide bonds. The van der Waals surface area contributed by atoms with Crippen molar-refractivity contribution in [3.8, 4) is 22.8 Å². The lowest BCUT2D eigenvalue weighted by atomic mass is 10.0. The van der Waals surface area contributed by atoms with Gasteiger partial charge in [0.15, 0.2) is 0 Å². The molecule has 1 fully saturated rings. The van der Waals surface area contributed by atoms with E-state index >= 15 is 0 Å². The van der Waals surface area contributed by atoms with Gasteiger partial charge in [-0.25, -0.2) is 4.79 Å². The van der Waals surface area contributed by atoms with Crippen LogP contribution >= 0.6 is 0 Å². The van der Waals surface area contributed by atoms with E-state index < -0.39 is 6.04 Å². The minimum Gasteiger partial charge on any atom is -0.467 e. The largest absolute Gasteiger partial charge is 0.467 e. The van der Waals surface area contributed by atoms with Crippen LogP contribution in [0.5, 0.6) is 11.6 Å². The van der Waals surface area contributed by atoms with Crippen LogP contribution < -0.4 is 15.4 Å². The maximum Gasteiger partial charge on any atom is 0.329 e. The standard InChI is InChI=1S/C27H32N4O3/c1-4-30-11-12-31(24(18-30)27(32)33-3)25-9-6-10-26(29-25)34-23-14-19(2)13-22(16-23)21-8-5-7-20(15-21)17-28/h5-10,13-16,24H,4,11-12,17-18,28H2,1-3H3. The average Bonchev–Trinajstić information content (AvgIpc) is 2.87. The molecule has 0 saturated carbocycles. The summed E-state index contributed by atoms with van der Waals surface area (Å²) < 4.78 is 11.3. The van der Waals surface area contributed by atoms with Crippen LogP contribution in [0.4, 0.5) is 5.82 Å². The van der Waals surface area contributed by atoms with Gasteiger partial charge in [-0.1, -0.05) is 37.3 Å². The number of hydrogen-bond acceptors (Lipinski definition) is 7. The SMILES string of the molecule is CCN1CCN(c2cccc(Oc3cc(C)cc(-c4cccc(CN)c4)c3)n2)C(C(=O)OC)C1. The van der Waals surface area contributed by atoms with E-state index in [0.717, 1.165) is 35.3 Å². The highest BCUT2D eigenvalue weighted by Crippen LogP contribution is 2.30. The quantitative estimate of drug-likeness (QED) is 0.534. The molecule has 7 heteroatoms. The van der Waals surface area contributed by atoms with Crippen LogP contribution in [0, 0.1) is 6.92 Å². The van der Waals surface area contributed by atoms with E-state index in [9.17, 15) is 4.79 Å². The second-order valence-corrected chi connectivity index (χ2v) is 8.50. The van der Waals surface area contributed by atoms with Crippen molar-refractivity contribution in [3.63, 3.8) is 0 Å². The molecule has 1 aromatic heterocycles. The van der Waals surface area contributed by atoms with Gasteiger partial charge in [-0.05, 0) is 60.0 Å². The molecule has 7 nitrogen and oxygen atoms in total. The number of hydrogen-bond donors (Lipinski definition) is 1. The van der Waals surface area contributed by atoms with Gasteiger partial charge in [-0.15, -0.1) is 0 Å². The summed E-state index contributed by atoms with van der Waals surface area (Å²) in [5.41, 5.74) is 10.1. The number of methoxy groups -OCH3 is 1. The summed E-state index contributed by atoms with van der Waals surface area (Å²) in [6.45, 7) is 7.69. The number of piperazine rings is 1. The van der Waals surface area contributed by atoms with Crippen LogP contribution in [0.2, 0.25) is 0 Å². The van der Waals surface area contributed by atoms with Gasteiger partial charge in [0.2, 0.25) is 5.88 Å². The predicted molar refractivity (Wildman–Crippen MR) is 134 cm³/mol. The number of esters is 1. The fourth-order valence-electron chi connectivity index (χ4n) is 4.33. The maximum atomic E-state index is 12.5. The number of rotatable bonds is 7. The Morgan fingerprint density at radius 1 is 1.09 bits per heavy atom. The molecular formula is C27H32N4O3. The third kappa shape index (κ3) is 5.38. The van der Waals surface area contributed by atoms with Crippen molar-refractivity contribution in [1.82, 2.24) is 9.88 Å². The van der Waals surface area contributed by atoms with Gasteiger partial charge in [-0.3, -0.25) is 4.90 Å². The van der Waals surface area contributed by atoms with Crippen LogP contribution in [0.3, 0.4) is 0 Å². The minimum absolute atomic E-state index is 0.255. The molecule has 2 aromatic carbocycles. The smallest absolute Gasteiger partial charge is 0.329 e. The molecule has 0 bridgehead atoms. The van der Waals surface area contributed by atoms with Crippen molar-refractivity contribution in [1.29, 1.82) is 0 Å². The first-order valence-electron chi connectivity index (χ1n) is 11.6. The van der Waals surface area contributed by atoms with Crippen LogP contribution in [0.15, 0.2) is 60.7 Å². The monoisotopic (exact) mass is 460 g/mol. The summed E-state index contributed by atoms with van der Waals surface area (Å²) >= 11 is 0. The van der Waals surface area contributed by atoms with Crippen LogP contribution in [-0.2, 0) is 16.1 Å². The Bertz CT molecular complexity index is 1150. The summed E-state index contributed by atoms with van der Waals surface area (Å²) in [7, 11) is 1.43. The molecule has 3 aromatic rings. The fourth-order valence-corrected chi connectivity index (χ4v) is 4.33. The Labute approximate surface area is 201 Å². The fraction of sp³-hybridized carbons (Fsp3) is 0.333. The van der Waals surface area contributed by atoms with Gasteiger partial charge in [0.05, 0.1) is 7.11 Å². The van der Waals surface area contributed by atoms with Gasteiger partial charge in [0.1, 0.15) is 17.6 Å². The molecule has 2 heterocycles. The zero-order valence-corrected chi connectivity index (χ0v) is 20.0. The van der Waals surface area contributed by atoms with Crippen molar-refractivity contribution in [2.24, 2.45) is 5.73 Å². The highest BCUT2D eigenvalue weighted by atomic mass is 16.5. The molecule has 1 unspecified atom stereocenters. The zero-order valence-electron chi connectivity index (χ0n) is 20.0. The number of aryl methyl sites for hydroxylation is 1. The van der Waals surface area contributed by atoms with Crippen molar-refractivity contribution in [3.05, 3.63) is 71.8 Å². The molecule has 0 spiro atoms. The van der Waals surface area contributed by atoms with E-state index in [1.165, 1.54) is 7.11 Å². The lowest BCUT2D eigenvalue weighted by Crippen LogP contribution is -2.57. The van der Waals surface area contributed by atoms with Crippen molar-refractivity contribution < 1.29 is 14.3 Å². The summed E-state index contributed by atoms with van der Waals surface area (Å²) in [4.78, 5) is 21.5. The minimum atomic E-state index is -0.401. The molecule has 2 N–H and O–H groups in total. The molecule has 1 saturated heterocycles. The molecule has 0 radical (unpaired) electrons. The number of carbonyl (C=O) groups excluding carboxylic acids is 1. The Morgan fingerprint density at radius 2 is 1.91 bits per heavy atom. The molecule has 1 atom stereocenters. The van der Waals surface area contributed by atoms with Gasteiger partial charge in [0, 0.05) is 32.2 Å². The number of ether oxygens (including phenoxy) is 2. The van der Waals surface area contributed by atoms with E-state index in [0.29, 0.717) is 37.1 Å². The number of carbonyl (C=O) groups is 1. The van der Waals surface area contributed by atoms with Gasteiger partial charge in [-0.2, -0.15) is 4.98 Å². The second kappa shape index (κ2) is 10.7. The number of aromatic nitrogens is 1. The molecule has 0 aliphatic carbocycles. The second-order valence-electron chi connectivity index (χ2n) is 8.50. The van der Waals surface area contributed by atoms with Gasteiger partial charge >= 0.3 is 5.97 Å². The third-order valence-electron chi connectivity index (χ3n) is 6.16. The topological polar surface area (TPSA) is 80.9 Å². The summed E-state index contributed by atoms with van der Waals surface area (Å²) in [6.07, 6.45) is 0. The van der Waals surface area contributed by atoms with E-state index in [2.05, 4.69) is 30.0 Å². The maximum absolute atomic E-state index is 12.5. The molecule has 1 aliphatic rings. The van der Waals surface area contributed by atoms with Gasteiger partial charge < -0.3 is 20.1 Å². The third-order valence-corrected chi connectivity index (χ3v) is 6.16. The van der Waals surface area contributed by atoms with E-state index in [-0.39, 0.29) is 5.97 Å². The lowest BCUT2D eigenvalue weighted by Gasteiger charge is -2.40. The molecule has 34 heavy (non-hydrogen) atoms. The number of anilines is 1. The number of likely N-dealkylation sites (N-methyl/N-ethyl adjacent to an activating group) is 1. The van der Waals surface area contributed by atoms with Crippen LogP contribution in [0.25, 0.3) is 11.1 Å². The molecule has 178 valence electrons. The number of benzene rings is 2. The Kier molecular flexibility index (Phi) is 7.45. The van der Waals surface area contributed by atoms with E-state index in [1.54, 1.807) is 0 Å². The Morgan fingerprint density at radius 3 is 2.68 bits per heavy atom. The van der Waals surface area contributed by atoms with Crippen LogP contribution in [0.1, 0.15) is 18.1 Å². The van der Waals surface area contributed by atoms with Crippen molar-refractivity contribution >= 4 is 11.8 Å². The first-order valence-corrected chi connectivity index (χ1v) is 11.6. The summed E-state index contributed by atoms with van der Waals surface area (Å²) in [6, 6.07) is 19.6. The van der Waals surface area contributed by atoms with Crippen molar-refractivity contribution in [2.45, 2.75) is 26.4 Å². The van der Waals surface area contributed by atoms with Crippen LogP contribution in [-0.4, -0.2) is 55.2 Å². The Hall–Kier alpha value is -3.42. The molecule has 1 aliphatic heterocycles. The highest BCUT2D eigenvalue weighted by Gasteiger charge is 2.33. The van der Waals surface area contributed by atoms with Crippen molar-refractivity contribution in [2.75, 3.05) is 38.2 Å². The average molecular weight is 461 g/mol. The first-order chi connectivity index (χ1) is 16.5. The van der Waals surface area contributed by atoms with E-state index in [4.69, 9.17) is 20.2 Å². The zero-order chi connectivity index (χ0) is 24.1. The van der Waals surface area contributed by atoms with Gasteiger partial charge in [0.25, 0.3) is 0 Å². The number of pyridine rings is 1. The van der Waals surface area contributed by atoms with E-state index in [1.807, 2.05) is 54.3 Å².